The minimum absolute atomic E-state index is 0.0875. The summed E-state index contributed by atoms with van der Waals surface area (Å²) in [4.78, 5) is 27.3. The Hall–Kier alpha value is -3.25. The van der Waals surface area contributed by atoms with Gasteiger partial charge in [0.25, 0.3) is 5.91 Å². The zero-order valence-corrected chi connectivity index (χ0v) is 17.7. The molecule has 1 atom stereocenters. The molecule has 0 unspecified atom stereocenters. The van der Waals surface area contributed by atoms with Gasteiger partial charge in [0.05, 0.1) is 24.8 Å². The Morgan fingerprint density at radius 1 is 1.03 bits per heavy atom. The summed E-state index contributed by atoms with van der Waals surface area (Å²) in [5, 5.41) is 5.35. The Morgan fingerprint density at radius 2 is 1.81 bits per heavy atom. The molecule has 6 nitrogen and oxygen atoms in total. The first-order valence-electron chi connectivity index (χ1n) is 10.2. The molecule has 0 radical (unpaired) electrons. The molecule has 5 rings (SSSR count). The van der Waals surface area contributed by atoms with Crippen LogP contribution >= 0.6 is 11.6 Å². The fraction of sp³-hybridized carbons (Fsp3) is 0.250. The highest BCUT2D eigenvalue weighted by Gasteiger charge is 2.49. The zero-order chi connectivity index (χ0) is 21.6. The molecule has 3 aromatic carbocycles. The Kier molecular flexibility index (Phi) is 4.74. The van der Waals surface area contributed by atoms with Crippen LogP contribution in [0, 0.1) is 0 Å². The number of halogens is 1. The SMILES string of the molecule is C[C@@]1(c2ccc3ccccc3c2)NC(=O)N(Cc2cc(Cl)c3c(c2)OCCCO3)C1=O. The normalized spacial score (nSPS) is 20.6. The van der Waals surface area contributed by atoms with Crippen molar-refractivity contribution in [3.63, 3.8) is 0 Å². The highest BCUT2D eigenvalue weighted by Crippen LogP contribution is 2.39. The third-order valence-corrected chi connectivity index (χ3v) is 6.09. The lowest BCUT2D eigenvalue weighted by Gasteiger charge is -2.23. The zero-order valence-electron chi connectivity index (χ0n) is 17.0. The number of imide groups is 1. The maximum atomic E-state index is 13.4. The van der Waals surface area contributed by atoms with E-state index in [0.717, 1.165) is 22.8 Å². The number of nitrogens with zero attached hydrogens (tertiary/aromatic N) is 1. The topological polar surface area (TPSA) is 67.9 Å². The number of hydrogen-bond donors (Lipinski definition) is 1. The molecule has 7 heteroatoms. The van der Waals surface area contributed by atoms with E-state index in [1.165, 1.54) is 4.90 Å². The van der Waals surface area contributed by atoms with Gasteiger partial charge in [0.1, 0.15) is 5.54 Å². The number of nitrogens with one attached hydrogen (secondary N) is 1. The van der Waals surface area contributed by atoms with Gasteiger partial charge in [-0.15, -0.1) is 0 Å². The predicted molar refractivity (Wildman–Crippen MR) is 117 cm³/mol. The van der Waals surface area contributed by atoms with E-state index in [2.05, 4.69) is 5.32 Å². The third kappa shape index (κ3) is 3.37. The van der Waals surface area contributed by atoms with Crippen LogP contribution in [0.5, 0.6) is 11.5 Å². The maximum Gasteiger partial charge on any atom is 0.325 e. The summed E-state index contributed by atoms with van der Waals surface area (Å²) in [6.45, 7) is 2.88. The smallest absolute Gasteiger partial charge is 0.325 e. The van der Waals surface area contributed by atoms with E-state index in [1.54, 1.807) is 19.1 Å². The van der Waals surface area contributed by atoms with Crippen LogP contribution in [-0.2, 0) is 16.9 Å². The van der Waals surface area contributed by atoms with E-state index in [4.69, 9.17) is 21.1 Å². The monoisotopic (exact) mass is 436 g/mol. The van der Waals surface area contributed by atoms with Gasteiger partial charge < -0.3 is 14.8 Å². The van der Waals surface area contributed by atoms with Crippen LogP contribution in [0.25, 0.3) is 10.8 Å². The van der Waals surface area contributed by atoms with Gasteiger partial charge >= 0.3 is 6.03 Å². The van der Waals surface area contributed by atoms with E-state index in [1.807, 2.05) is 42.5 Å². The van der Waals surface area contributed by atoms with Gasteiger partial charge in [-0.05, 0) is 47.0 Å². The van der Waals surface area contributed by atoms with Gasteiger partial charge in [0.2, 0.25) is 0 Å². The van der Waals surface area contributed by atoms with Gasteiger partial charge in [-0.1, -0.05) is 48.0 Å². The van der Waals surface area contributed by atoms with Gasteiger partial charge in [-0.3, -0.25) is 9.69 Å². The lowest BCUT2D eigenvalue weighted by Crippen LogP contribution is -2.40. The van der Waals surface area contributed by atoms with Crippen molar-refractivity contribution in [2.75, 3.05) is 13.2 Å². The quantitative estimate of drug-likeness (QED) is 0.608. The maximum absolute atomic E-state index is 13.4. The van der Waals surface area contributed by atoms with Crippen LogP contribution in [0.3, 0.4) is 0 Å². The number of carbonyl (C=O) groups is 2. The molecule has 2 aliphatic rings. The number of rotatable bonds is 3. The number of ether oxygens (including phenoxy) is 2. The van der Waals surface area contributed by atoms with Crippen molar-refractivity contribution in [1.82, 2.24) is 10.2 Å². The van der Waals surface area contributed by atoms with Crippen LogP contribution in [0.15, 0.2) is 54.6 Å². The molecule has 0 aromatic heterocycles. The van der Waals surface area contributed by atoms with Gasteiger partial charge in [-0.25, -0.2) is 4.79 Å². The number of hydrogen-bond acceptors (Lipinski definition) is 4. The molecule has 3 amide bonds. The Bertz CT molecular complexity index is 1210. The number of amides is 3. The number of carbonyl (C=O) groups excluding carboxylic acids is 2. The second kappa shape index (κ2) is 7.46. The van der Waals surface area contributed by atoms with Crippen molar-refractivity contribution in [3.8, 4) is 11.5 Å². The van der Waals surface area contributed by atoms with Crippen LogP contribution in [-0.4, -0.2) is 30.1 Å². The standard InChI is InChI=1S/C24H21ClN2O4/c1-24(18-8-7-16-5-2-3-6-17(16)13-18)22(28)27(23(29)26-24)14-15-11-19(25)21-20(12-15)30-9-4-10-31-21/h2-3,5-8,11-13H,4,9-10,14H2,1H3,(H,26,29)/t24-/m0/s1. The van der Waals surface area contributed by atoms with Crippen molar-refractivity contribution >= 4 is 34.3 Å². The summed E-state index contributed by atoms with van der Waals surface area (Å²) >= 11 is 6.38. The third-order valence-electron chi connectivity index (χ3n) is 5.80. The lowest BCUT2D eigenvalue weighted by atomic mass is 9.90. The minimum Gasteiger partial charge on any atom is -0.489 e. The molecule has 2 aliphatic heterocycles. The molecule has 158 valence electrons. The van der Waals surface area contributed by atoms with Crippen LogP contribution in [0.1, 0.15) is 24.5 Å². The molecule has 0 aliphatic carbocycles. The van der Waals surface area contributed by atoms with Crippen molar-refractivity contribution in [2.45, 2.75) is 25.4 Å². The molecule has 1 N–H and O–H groups in total. The largest absolute Gasteiger partial charge is 0.489 e. The average Bonchev–Trinajstić information content (AvgIpc) is 2.93. The van der Waals surface area contributed by atoms with Gasteiger partial charge in [-0.2, -0.15) is 0 Å². The fourth-order valence-electron chi connectivity index (χ4n) is 4.09. The average molecular weight is 437 g/mol. The molecule has 0 saturated carbocycles. The summed E-state index contributed by atoms with van der Waals surface area (Å²) in [5.41, 5.74) is 0.292. The van der Waals surface area contributed by atoms with Crippen LogP contribution < -0.4 is 14.8 Å². The highest BCUT2D eigenvalue weighted by molar-refractivity contribution is 6.32. The molecule has 31 heavy (non-hydrogen) atoms. The van der Waals surface area contributed by atoms with Crippen molar-refractivity contribution < 1.29 is 19.1 Å². The summed E-state index contributed by atoms with van der Waals surface area (Å²) in [6, 6.07) is 16.7. The first-order chi connectivity index (χ1) is 15.0. The number of fused-ring (bicyclic) bond motifs is 2. The number of benzene rings is 3. The minimum atomic E-state index is -1.14. The Morgan fingerprint density at radius 3 is 2.65 bits per heavy atom. The Labute approximate surface area is 184 Å². The van der Waals surface area contributed by atoms with E-state index in [-0.39, 0.29) is 12.5 Å². The van der Waals surface area contributed by atoms with Crippen molar-refractivity contribution in [2.24, 2.45) is 0 Å². The molecular formula is C24H21ClN2O4. The second-order valence-electron chi connectivity index (χ2n) is 7.96. The van der Waals surface area contributed by atoms with Gasteiger partial charge in [0, 0.05) is 6.42 Å². The van der Waals surface area contributed by atoms with E-state index >= 15 is 0 Å². The van der Waals surface area contributed by atoms with Crippen molar-refractivity contribution in [3.05, 3.63) is 70.7 Å². The highest BCUT2D eigenvalue weighted by atomic mass is 35.5. The molecule has 3 aromatic rings. The van der Waals surface area contributed by atoms with Crippen LogP contribution in [0.4, 0.5) is 4.79 Å². The van der Waals surface area contributed by atoms with Crippen LogP contribution in [0.2, 0.25) is 5.02 Å². The molecule has 0 spiro atoms. The van der Waals surface area contributed by atoms with E-state index in [0.29, 0.717) is 35.3 Å². The molecule has 2 heterocycles. The fourth-order valence-corrected chi connectivity index (χ4v) is 4.38. The summed E-state index contributed by atoms with van der Waals surface area (Å²) in [7, 11) is 0. The summed E-state index contributed by atoms with van der Waals surface area (Å²) in [6.07, 6.45) is 0.761. The van der Waals surface area contributed by atoms with E-state index < -0.39 is 11.6 Å². The van der Waals surface area contributed by atoms with Crippen molar-refractivity contribution in [1.29, 1.82) is 0 Å². The first kappa shape index (κ1) is 19.7. The molecule has 1 fully saturated rings. The number of urea groups is 1. The predicted octanol–water partition coefficient (Wildman–Crippen LogP) is 4.62. The molecule has 1 saturated heterocycles. The molecular weight excluding hydrogens is 416 g/mol. The van der Waals surface area contributed by atoms with Gasteiger partial charge in [0.15, 0.2) is 11.5 Å². The van der Waals surface area contributed by atoms with E-state index in [9.17, 15) is 9.59 Å². The summed E-state index contributed by atoms with van der Waals surface area (Å²) < 4.78 is 11.4. The Balaban J connectivity index is 1.45. The first-order valence-corrected chi connectivity index (χ1v) is 10.5. The lowest BCUT2D eigenvalue weighted by molar-refractivity contribution is -0.131. The molecule has 0 bridgehead atoms. The second-order valence-corrected chi connectivity index (χ2v) is 8.37. The summed E-state index contributed by atoms with van der Waals surface area (Å²) in [5.74, 6) is 0.724.